The van der Waals surface area contributed by atoms with Crippen molar-refractivity contribution in [1.82, 2.24) is 29.6 Å². The van der Waals surface area contributed by atoms with E-state index in [1.54, 1.807) is 12.3 Å². The first kappa shape index (κ1) is 14.9. The molecular weight excluding hydrogens is 323 g/mol. The Morgan fingerprint density at radius 2 is 1.88 bits per heavy atom. The van der Waals surface area contributed by atoms with Gasteiger partial charge in [-0.25, -0.2) is 0 Å². The monoisotopic (exact) mass is 337 g/mol. The number of nitrogens with zero attached hydrogens (tertiary/aromatic N) is 7. The molecule has 1 aliphatic heterocycles. The average molecular weight is 337 g/mol. The summed E-state index contributed by atoms with van der Waals surface area (Å²) in [7, 11) is 0. The molecule has 1 aliphatic rings. The maximum absolute atomic E-state index is 12.9. The van der Waals surface area contributed by atoms with Crippen molar-refractivity contribution in [3.8, 4) is 0 Å². The summed E-state index contributed by atoms with van der Waals surface area (Å²) >= 11 is 0. The molecule has 0 saturated carbocycles. The van der Waals surface area contributed by atoms with Gasteiger partial charge in [0.05, 0.1) is 6.04 Å². The molecule has 0 aliphatic carbocycles. The van der Waals surface area contributed by atoms with Crippen LogP contribution in [0.5, 0.6) is 0 Å². The van der Waals surface area contributed by atoms with Crippen LogP contribution in [0, 0.1) is 0 Å². The molecule has 0 unspecified atom stereocenters. The van der Waals surface area contributed by atoms with Crippen molar-refractivity contribution in [2.45, 2.75) is 25.1 Å². The lowest BCUT2D eigenvalue weighted by Gasteiger charge is -2.32. The third kappa shape index (κ3) is 2.57. The highest BCUT2D eigenvalue weighted by Gasteiger charge is 2.37. The van der Waals surface area contributed by atoms with E-state index in [4.69, 9.17) is 0 Å². The maximum atomic E-state index is 12.9. The fourth-order valence-electron chi connectivity index (χ4n) is 2.98. The summed E-state index contributed by atoms with van der Waals surface area (Å²) in [6.45, 7) is 1.40. The number of aromatic nitrogens is 6. The fraction of sp³-hybridized carbons (Fsp3) is 0.429. The Morgan fingerprint density at radius 1 is 1.08 bits per heavy atom. The van der Waals surface area contributed by atoms with Crippen molar-refractivity contribution >= 4 is 11.5 Å². The predicted octanol–water partition coefficient (Wildman–Crippen LogP) is 2.18. The first-order valence-electron chi connectivity index (χ1n) is 7.56. The Bertz CT molecular complexity index is 832. The summed E-state index contributed by atoms with van der Waals surface area (Å²) in [5, 5.41) is 15.0. The molecule has 0 amide bonds. The standard InChI is InChI=1S/C14H14F3N7/c15-14(16,17)13-20-19-11-2-3-12(21-24(11)13)22-8-4-10(5-9-22)23-7-1-6-18-23/h1-3,6-7,10H,4-5,8-9H2. The molecule has 0 spiro atoms. The van der Waals surface area contributed by atoms with Gasteiger partial charge in [0.25, 0.3) is 5.82 Å². The van der Waals surface area contributed by atoms with Crippen LogP contribution in [-0.4, -0.2) is 42.7 Å². The van der Waals surface area contributed by atoms with Crippen LogP contribution in [0.4, 0.5) is 19.0 Å². The van der Waals surface area contributed by atoms with Crippen LogP contribution < -0.4 is 4.90 Å². The highest BCUT2D eigenvalue weighted by Crippen LogP contribution is 2.29. The van der Waals surface area contributed by atoms with Gasteiger partial charge in [0, 0.05) is 25.5 Å². The first-order valence-corrected chi connectivity index (χ1v) is 7.56. The van der Waals surface area contributed by atoms with Crippen LogP contribution in [0.25, 0.3) is 5.65 Å². The van der Waals surface area contributed by atoms with E-state index in [1.165, 1.54) is 6.07 Å². The molecule has 10 heteroatoms. The molecule has 0 bridgehead atoms. The van der Waals surface area contributed by atoms with Crippen molar-refractivity contribution in [3.63, 3.8) is 0 Å². The average Bonchev–Trinajstić information content (AvgIpc) is 3.23. The van der Waals surface area contributed by atoms with Crippen LogP contribution in [0.3, 0.4) is 0 Å². The predicted molar refractivity (Wildman–Crippen MR) is 78.5 cm³/mol. The smallest absolute Gasteiger partial charge is 0.355 e. The van der Waals surface area contributed by atoms with Gasteiger partial charge in [0.15, 0.2) is 5.65 Å². The van der Waals surface area contributed by atoms with Gasteiger partial charge in [-0.3, -0.25) is 4.68 Å². The minimum atomic E-state index is -4.59. The highest BCUT2D eigenvalue weighted by atomic mass is 19.4. The lowest BCUT2D eigenvalue weighted by atomic mass is 10.1. The van der Waals surface area contributed by atoms with E-state index in [1.807, 2.05) is 21.8 Å². The van der Waals surface area contributed by atoms with Crippen molar-refractivity contribution in [3.05, 3.63) is 36.4 Å². The van der Waals surface area contributed by atoms with Crippen molar-refractivity contribution in [2.24, 2.45) is 0 Å². The van der Waals surface area contributed by atoms with E-state index in [9.17, 15) is 13.2 Å². The number of fused-ring (bicyclic) bond motifs is 1. The van der Waals surface area contributed by atoms with Gasteiger partial charge in [0.1, 0.15) is 5.82 Å². The van der Waals surface area contributed by atoms with Gasteiger partial charge in [-0.15, -0.1) is 15.3 Å². The van der Waals surface area contributed by atoms with Crippen molar-refractivity contribution in [2.75, 3.05) is 18.0 Å². The Morgan fingerprint density at radius 3 is 2.54 bits per heavy atom. The summed E-state index contributed by atoms with van der Waals surface area (Å²) in [5.41, 5.74) is 0.0810. The Balaban J connectivity index is 1.57. The number of alkyl halides is 3. The Labute approximate surface area is 134 Å². The minimum Gasteiger partial charge on any atom is -0.355 e. The maximum Gasteiger partial charge on any atom is 0.453 e. The van der Waals surface area contributed by atoms with Gasteiger partial charge in [0.2, 0.25) is 0 Å². The lowest BCUT2D eigenvalue weighted by Crippen LogP contribution is -2.35. The van der Waals surface area contributed by atoms with E-state index in [2.05, 4.69) is 20.4 Å². The van der Waals surface area contributed by atoms with Gasteiger partial charge < -0.3 is 4.90 Å². The Kier molecular flexibility index (Phi) is 3.39. The normalized spacial score (nSPS) is 16.9. The molecule has 0 radical (unpaired) electrons. The number of hydrogen-bond acceptors (Lipinski definition) is 5. The fourth-order valence-corrected chi connectivity index (χ4v) is 2.98. The van der Waals surface area contributed by atoms with Crippen LogP contribution in [0.2, 0.25) is 0 Å². The zero-order valence-electron chi connectivity index (χ0n) is 12.6. The number of halogens is 3. The van der Waals surface area contributed by atoms with Crippen LogP contribution in [-0.2, 0) is 6.18 Å². The molecule has 126 valence electrons. The zero-order chi connectivity index (χ0) is 16.7. The molecule has 0 aromatic carbocycles. The van der Waals surface area contributed by atoms with Crippen molar-refractivity contribution in [1.29, 1.82) is 0 Å². The minimum absolute atomic E-state index is 0.0810. The molecule has 4 heterocycles. The second-order valence-corrected chi connectivity index (χ2v) is 5.69. The zero-order valence-corrected chi connectivity index (χ0v) is 12.6. The van der Waals surface area contributed by atoms with Crippen LogP contribution in [0.1, 0.15) is 24.7 Å². The molecule has 3 aromatic heterocycles. The van der Waals surface area contributed by atoms with Crippen LogP contribution in [0.15, 0.2) is 30.6 Å². The van der Waals surface area contributed by atoms with Gasteiger partial charge in [-0.2, -0.15) is 22.8 Å². The van der Waals surface area contributed by atoms with Gasteiger partial charge in [-0.1, -0.05) is 0 Å². The van der Waals surface area contributed by atoms with Crippen molar-refractivity contribution < 1.29 is 13.2 Å². The summed E-state index contributed by atoms with van der Waals surface area (Å²) < 4.78 is 41.5. The second kappa shape index (κ2) is 5.46. The molecule has 24 heavy (non-hydrogen) atoms. The Hall–Kier alpha value is -2.65. The topological polar surface area (TPSA) is 64.1 Å². The largest absolute Gasteiger partial charge is 0.453 e. The van der Waals surface area contributed by atoms with E-state index in [0.29, 0.717) is 24.9 Å². The van der Waals surface area contributed by atoms with E-state index in [-0.39, 0.29) is 5.65 Å². The summed E-state index contributed by atoms with van der Waals surface area (Å²) in [5.74, 6) is -0.613. The molecular formula is C14H14F3N7. The summed E-state index contributed by atoms with van der Waals surface area (Å²) in [4.78, 5) is 1.97. The number of hydrogen-bond donors (Lipinski definition) is 0. The van der Waals surface area contributed by atoms with Gasteiger partial charge in [-0.05, 0) is 31.0 Å². The third-order valence-corrected chi connectivity index (χ3v) is 4.19. The summed E-state index contributed by atoms with van der Waals surface area (Å²) in [6, 6.07) is 5.37. The summed E-state index contributed by atoms with van der Waals surface area (Å²) in [6.07, 6.45) is 0.799. The number of anilines is 1. The number of rotatable bonds is 2. The number of piperidine rings is 1. The SMILES string of the molecule is FC(F)(F)c1nnc2ccc(N3CCC(n4cccn4)CC3)nn12. The molecule has 0 N–H and O–H groups in total. The highest BCUT2D eigenvalue weighted by molar-refractivity contribution is 5.46. The van der Waals surface area contributed by atoms with Gasteiger partial charge >= 0.3 is 6.18 Å². The first-order chi connectivity index (χ1) is 11.5. The quantitative estimate of drug-likeness (QED) is 0.717. The van der Waals surface area contributed by atoms with E-state index < -0.39 is 12.0 Å². The molecule has 1 fully saturated rings. The molecule has 3 aromatic rings. The molecule has 4 rings (SSSR count). The second-order valence-electron chi connectivity index (χ2n) is 5.69. The molecule has 0 atom stereocenters. The lowest BCUT2D eigenvalue weighted by molar-refractivity contribution is -0.146. The van der Waals surface area contributed by atoms with E-state index >= 15 is 0 Å². The van der Waals surface area contributed by atoms with E-state index in [0.717, 1.165) is 17.4 Å². The molecule has 1 saturated heterocycles. The molecule has 7 nitrogen and oxygen atoms in total. The van der Waals surface area contributed by atoms with Crippen LogP contribution >= 0.6 is 0 Å². The third-order valence-electron chi connectivity index (χ3n) is 4.19.